The number of unbranched alkanes of at least 4 members (excludes halogenated alkanes) is 7. The average molecular weight is 228 g/mol. The van der Waals surface area contributed by atoms with Crippen LogP contribution in [-0.2, 0) is 9.53 Å². The van der Waals surface area contributed by atoms with Gasteiger partial charge in [0.05, 0.1) is 7.11 Å². The van der Waals surface area contributed by atoms with Gasteiger partial charge in [0, 0.05) is 0 Å². The highest BCUT2D eigenvalue weighted by Gasteiger charge is 2.04. The molecule has 0 unspecified atom stereocenters. The molecule has 0 amide bonds. The summed E-state index contributed by atoms with van der Waals surface area (Å²) in [5, 5.41) is 8.68. The molecule has 0 aromatic carbocycles. The molecule has 0 rings (SSSR count). The van der Waals surface area contributed by atoms with Crippen molar-refractivity contribution in [3.63, 3.8) is 0 Å². The fourth-order valence-corrected chi connectivity index (χ4v) is 1.59. The molecule has 94 valence electrons. The van der Waals surface area contributed by atoms with E-state index in [0.717, 1.165) is 12.8 Å². The quantitative estimate of drug-likeness (QED) is 0.352. The molecule has 16 heavy (non-hydrogen) atoms. The van der Waals surface area contributed by atoms with Gasteiger partial charge in [-0.3, -0.25) is 0 Å². The Morgan fingerprint density at radius 1 is 1.12 bits per heavy atom. The van der Waals surface area contributed by atoms with Crippen LogP contribution in [0.3, 0.4) is 0 Å². The molecule has 0 radical (unpaired) electrons. The molecule has 0 aliphatic carbocycles. The van der Waals surface area contributed by atoms with E-state index in [-0.39, 0.29) is 5.76 Å². The molecule has 0 atom stereocenters. The summed E-state index contributed by atoms with van der Waals surface area (Å²) in [6, 6.07) is 0. The van der Waals surface area contributed by atoms with Crippen LogP contribution >= 0.6 is 0 Å². The number of hydrogen-bond acceptors (Lipinski definition) is 2. The predicted octanol–water partition coefficient (Wildman–Crippen LogP) is 3.74. The Kier molecular flexibility index (Phi) is 9.87. The van der Waals surface area contributed by atoms with Crippen LogP contribution in [-0.4, -0.2) is 18.2 Å². The Balaban J connectivity index is 3.41. The van der Waals surface area contributed by atoms with Gasteiger partial charge >= 0.3 is 5.97 Å². The van der Waals surface area contributed by atoms with Crippen molar-refractivity contribution in [3.05, 3.63) is 11.8 Å². The number of rotatable bonds is 10. The van der Waals surface area contributed by atoms with Gasteiger partial charge in [0.1, 0.15) is 0 Å². The molecular weight excluding hydrogens is 204 g/mol. The van der Waals surface area contributed by atoms with E-state index in [9.17, 15) is 4.79 Å². The number of carbonyl (C=O) groups is 1. The van der Waals surface area contributed by atoms with E-state index in [0.29, 0.717) is 0 Å². The average Bonchev–Trinajstić information content (AvgIpc) is 2.26. The Morgan fingerprint density at radius 2 is 1.69 bits per heavy atom. The van der Waals surface area contributed by atoms with Crippen LogP contribution < -0.4 is 0 Å². The summed E-state index contributed by atoms with van der Waals surface area (Å²) in [7, 11) is 1.39. The van der Waals surface area contributed by atoms with Gasteiger partial charge in [-0.25, -0.2) is 4.79 Å². The molecule has 0 fully saturated rings. The van der Waals surface area contributed by atoms with E-state index < -0.39 is 5.97 Å². The van der Waals surface area contributed by atoms with Crippen molar-refractivity contribution >= 4 is 5.97 Å². The second-order valence-corrected chi connectivity index (χ2v) is 3.99. The lowest BCUT2D eigenvalue weighted by Gasteiger charge is -2.01. The topological polar surface area (TPSA) is 46.5 Å². The summed E-state index contributed by atoms with van der Waals surface area (Å²) in [6.07, 6.45) is 11.2. The Bertz CT molecular complexity index is 209. The summed E-state index contributed by atoms with van der Waals surface area (Å²) in [6.45, 7) is 2.21. The van der Waals surface area contributed by atoms with Crippen molar-refractivity contribution in [2.45, 2.75) is 58.3 Å². The lowest BCUT2D eigenvalue weighted by molar-refractivity contribution is -0.136. The summed E-state index contributed by atoms with van der Waals surface area (Å²) in [5.41, 5.74) is 0. The molecule has 0 aromatic heterocycles. The van der Waals surface area contributed by atoms with Gasteiger partial charge in [-0.2, -0.15) is 0 Å². The molecule has 0 saturated heterocycles. The molecule has 0 bridgehead atoms. The molecule has 0 spiro atoms. The van der Waals surface area contributed by atoms with Crippen molar-refractivity contribution in [1.82, 2.24) is 0 Å². The maximum Gasteiger partial charge on any atom is 0.370 e. The SMILES string of the molecule is CCCCCCCCCC=C(OC)C(=O)O. The molecule has 1 N–H and O–H groups in total. The van der Waals surface area contributed by atoms with E-state index in [1.165, 1.54) is 45.6 Å². The summed E-state index contributed by atoms with van der Waals surface area (Å²) < 4.78 is 4.73. The van der Waals surface area contributed by atoms with Crippen LogP contribution in [0.2, 0.25) is 0 Å². The van der Waals surface area contributed by atoms with Gasteiger partial charge < -0.3 is 9.84 Å². The molecule has 0 heterocycles. The number of carboxylic acids is 1. The third-order valence-electron chi connectivity index (χ3n) is 2.57. The monoisotopic (exact) mass is 228 g/mol. The number of methoxy groups -OCH3 is 1. The molecule has 0 aromatic rings. The van der Waals surface area contributed by atoms with Gasteiger partial charge in [-0.15, -0.1) is 0 Å². The Labute approximate surface area is 98.5 Å². The minimum atomic E-state index is -0.981. The zero-order valence-electron chi connectivity index (χ0n) is 10.5. The molecule has 0 aliphatic rings. The van der Waals surface area contributed by atoms with Crippen LogP contribution in [0.4, 0.5) is 0 Å². The van der Waals surface area contributed by atoms with Crippen LogP contribution in [0.15, 0.2) is 11.8 Å². The smallest absolute Gasteiger partial charge is 0.370 e. The van der Waals surface area contributed by atoms with Crippen LogP contribution in [0.1, 0.15) is 58.3 Å². The lowest BCUT2D eigenvalue weighted by atomic mass is 10.1. The van der Waals surface area contributed by atoms with Crippen molar-refractivity contribution in [3.8, 4) is 0 Å². The van der Waals surface area contributed by atoms with E-state index in [1.807, 2.05) is 0 Å². The Hall–Kier alpha value is -0.990. The number of allylic oxidation sites excluding steroid dienone is 1. The maximum absolute atomic E-state index is 10.6. The molecule has 0 aliphatic heterocycles. The predicted molar refractivity (Wildman–Crippen MR) is 65.3 cm³/mol. The maximum atomic E-state index is 10.6. The fourth-order valence-electron chi connectivity index (χ4n) is 1.59. The van der Waals surface area contributed by atoms with Gasteiger partial charge in [0.25, 0.3) is 0 Å². The number of hydrogen-bond donors (Lipinski definition) is 1. The first-order valence-electron chi connectivity index (χ1n) is 6.19. The highest BCUT2D eigenvalue weighted by Crippen LogP contribution is 2.09. The molecule has 3 nitrogen and oxygen atoms in total. The second kappa shape index (κ2) is 10.5. The fraction of sp³-hybridized carbons (Fsp3) is 0.769. The highest BCUT2D eigenvalue weighted by atomic mass is 16.5. The summed E-state index contributed by atoms with van der Waals surface area (Å²) in [4.78, 5) is 10.6. The van der Waals surface area contributed by atoms with E-state index in [1.54, 1.807) is 6.08 Å². The lowest BCUT2D eigenvalue weighted by Crippen LogP contribution is -2.02. The van der Waals surface area contributed by atoms with Crippen LogP contribution in [0, 0.1) is 0 Å². The standard InChI is InChI=1S/C13H24O3/c1-3-4-5-6-7-8-9-10-11-12(16-2)13(14)15/h11H,3-10H2,1-2H3,(H,14,15). The van der Waals surface area contributed by atoms with Gasteiger partial charge in [-0.05, 0) is 18.9 Å². The third-order valence-corrected chi connectivity index (χ3v) is 2.57. The number of ether oxygens (including phenoxy) is 1. The van der Waals surface area contributed by atoms with Crippen LogP contribution in [0.5, 0.6) is 0 Å². The normalized spacial score (nSPS) is 11.5. The molecule has 0 saturated carbocycles. The van der Waals surface area contributed by atoms with Crippen molar-refractivity contribution < 1.29 is 14.6 Å². The van der Waals surface area contributed by atoms with E-state index >= 15 is 0 Å². The zero-order chi connectivity index (χ0) is 12.2. The van der Waals surface area contributed by atoms with E-state index in [4.69, 9.17) is 9.84 Å². The minimum Gasteiger partial charge on any atom is -0.490 e. The Morgan fingerprint density at radius 3 is 2.19 bits per heavy atom. The molecule has 3 heteroatoms. The second-order valence-electron chi connectivity index (χ2n) is 3.99. The highest BCUT2D eigenvalue weighted by molar-refractivity contribution is 5.84. The molecular formula is C13H24O3. The van der Waals surface area contributed by atoms with Crippen molar-refractivity contribution in [1.29, 1.82) is 0 Å². The number of carboxylic acid groups (broad SMARTS) is 1. The van der Waals surface area contributed by atoms with Gasteiger partial charge in [0.2, 0.25) is 0 Å². The van der Waals surface area contributed by atoms with Gasteiger partial charge in [0.15, 0.2) is 5.76 Å². The first-order valence-corrected chi connectivity index (χ1v) is 6.19. The summed E-state index contributed by atoms with van der Waals surface area (Å²) >= 11 is 0. The van der Waals surface area contributed by atoms with Gasteiger partial charge in [-0.1, -0.05) is 45.4 Å². The minimum absolute atomic E-state index is 0.0611. The van der Waals surface area contributed by atoms with Crippen molar-refractivity contribution in [2.75, 3.05) is 7.11 Å². The number of aliphatic carboxylic acids is 1. The largest absolute Gasteiger partial charge is 0.490 e. The third kappa shape index (κ3) is 8.33. The summed E-state index contributed by atoms with van der Waals surface area (Å²) in [5.74, 6) is -0.920. The zero-order valence-corrected chi connectivity index (χ0v) is 10.5. The van der Waals surface area contributed by atoms with E-state index in [2.05, 4.69) is 6.92 Å². The first kappa shape index (κ1) is 15.0. The van der Waals surface area contributed by atoms with Crippen molar-refractivity contribution in [2.24, 2.45) is 0 Å². The first-order chi connectivity index (χ1) is 7.72. The van der Waals surface area contributed by atoms with Crippen LogP contribution in [0.25, 0.3) is 0 Å².